The van der Waals surface area contributed by atoms with Gasteiger partial charge in [0.05, 0.1) is 24.7 Å². The zero-order chi connectivity index (χ0) is 14.7. The quantitative estimate of drug-likeness (QED) is 0.889. The molecule has 2 heterocycles. The van der Waals surface area contributed by atoms with Crippen molar-refractivity contribution in [2.45, 2.75) is 18.6 Å². The Balaban J connectivity index is 1.58. The first-order valence-corrected chi connectivity index (χ1v) is 7.49. The average Bonchev–Trinajstić information content (AvgIpc) is 2.81. The van der Waals surface area contributed by atoms with Gasteiger partial charge in [-0.15, -0.1) is 0 Å². The van der Waals surface area contributed by atoms with E-state index in [4.69, 9.17) is 9.47 Å². The Bertz CT molecular complexity index is 480. The maximum absolute atomic E-state index is 12.4. The van der Waals surface area contributed by atoms with Crippen LogP contribution in [0.2, 0.25) is 0 Å². The Labute approximate surface area is 125 Å². The number of amides is 1. The number of nitrogens with zero attached hydrogens (tertiary/aromatic N) is 1. The van der Waals surface area contributed by atoms with Crippen LogP contribution in [0.1, 0.15) is 6.42 Å². The number of fused-ring (bicyclic) bond motifs is 2. The summed E-state index contributed by atoms with van der Waals surface area (Å²) in [5.41, 5.74) is 0.847. The minimum atomic E-state index is -0.0530. The number of benzene rings is 1. The molecule has 0 radical (unpaired) electrons. The molecule has 1 aromatic carbocycles. The highest BCUT2D eigenvalue weighted by atomic mass is 16.5. The molecule has 2 saturated heterocycles. The van der Waals surface area contributed by atoms with Gasteiger partial charge in [-0.1, -0.05) is 18.2 Å². The standard InChI is InChI=1S/C16H22N2O3/c1-20-8-7-18-10-13-9-14(15(11-18)21-13)16(19)17-12-5-3-2-4-6-12/h2-6,13-15H,7-11H2,1H3,(H,17,19)/t13-,14+,15-/m0/s1. The summed E-state index contributed by atoms with van der Waals surface area (Å²) in [6, 6.07) is 9.60. The van der Waals surface area contributed by atoms with E-state index in [0.717, 1.165) is 38.3 Å². The summed E-state index contributed by atoms with van der Waals surface area (Å²) in [7, 11) is 1.71. The summed E-state index contributed by atoms with van der Waals surface area (Å²) in [6.07, 6.45) is 0.990. The third-order valence-electron chi connectivity index (χ3n) is 4.22. The summed E-state index contributed by atoms with van der Waals surface area (Å²) in [5, 5.41) is 2.99. The molecular formula is C16H22N2O3. The van der Waals surface area contributed by atoms with Crippen molar-refractivity contribution in [1.82, 2.24) is 4.90 Å². The molecule has 0 aliphatic carbocycles. The maximum Gasteiger partial charge on any atom is 0.230 e. The van der Waals surface area contributed by atoms with E-state index >= 15 is 0 Å². The lowest BCUT2D eigenvalue weighted by Gasteiger charge is -2.32. The number of morpholine rings is 1. The number of methoxy groups -OCH3 is 1. The molecule has 0 spiro atoms. The fraction of sp³-hybridized carbons (Fsp3) is 0.562. The van der Waals surface area contributed by atoms with E-state index in [9.17, 15) is 4.79 Å². The van der Waals surface area contributed by atoms with Gasteiger partial charge in [0.25, 0.3) is 0 Å². The largest absolute Gasteiger partial charge is 0.383 e. The molecule has 3 atom stereocenters. The second-order valence-corrected chi connectivity index (χ2v) is 5.75. The van der Waals surface area contributed by atoms with E-state index in [-0.39, 0.29) is 24.0 Å². The van der Waals surface area contributed by atoms with Crippen LogP contribution in [0.4, 0.5) is 5.69 Å². The third kappa shape index (κ3) is 3.43. The highest BCUT2D eigenvalue weighted by molar-refractivity contribution is 5.93. The van der Waals surface area contributed by atoms with E-state index in [2.05, 4.69) is 10.2 Å². The molecule has 1 aromatic rings. The first-order valence-electron chi connectivity index (χ1n) is 7.49. The van der Waals surface area contributed by atoms with Crippen molar-refractivity contribution in [3.63, 3.8) is 0 Å². The van der Waals surface area contributed by atoms with E-state index in [0.29, 0.717) is 0 Å². The second-order valence-electron chi connectivity index (χ2n) is 5.75. The van der Waals surface area contributed by atoms with Crippen LogP contribution in [0.15, 0.2) is 30.3 Å². The Hall–Kier alpha value is -1.43. The molecule has 2 fully saturated rings. The molecule has 3 rings (SSSR count). The SMILES string of the molecule is COCCN1C[C@@H]2C[C@@H](C(=O)Nc3ccccc3)[C@H](C1)O2. The molecule has 1 N–H and O–H groups in total. The molecule has 5 heteroatoms. The van der Waals surface area contributed by atoms with Crippen molar-refractivity contribution in [2.24, 2.45) is 5.92 Å². The first kappa shape index (κ1) is 14.5. The van der Waals surface area contributed by atoms with Crippen LogP contribution in [0.3, 0.4) is 0 Å². The molecule has 1 amide bonds. The van der Waals surface area contributed by atoms with Gasteiger partial charge in [0.1, 0.15) is 0 Å². The van der Waals surface area contributed by atoms with E-state index < -0.39 is 0 Å². The molecule has 0 saturated carbocycles. The zero-order valence-corrected chi connectivity index (χ0v) is 12.3. The summed E-state index contributed by atoms with van der Waals surface area (Å²) in [4.78, 5) is 14.8. The van der Waals surface area contributed by atoms with Gasteiger partial charge in [-0.05, 0) is 18.6 Å². The number of carbonyl (C=O) groups excluding carboxylic acids is 1. The van der Waals surface area contributed by atoms with Crippen LogP contribution in [0, 0.1) is 5.92 Å². The summed E-state index contributed by atoms with van der Waals surface area (Å²) >= 11 is 0. The topological polar surface area (TPSA) is 50.8 Å². The highest BCUT2D eigenvalue weighted by Crippen LogP contribution is 2.32. The number of carbonyl (C=O) groups is 1. The van der Waals surface area contributed by atoms with E-state index in [1.54, 1.807) is 7.11 Å². The lowest BCUT2D eigenvalue weighted by atomic mass is 9.99. The van der Waals surface area contributed by atoms with Crippen LogP contribution < -0.4 is 5.32 Å². The zero-order valence-electron chi connectivity index (χ0n) is 12.3. The normalized spacial score (nSPS) is 28.5. The van der Waals surface area contributed by atoms with Gasteiger partial charge in [-0.3, -0.25) is 9.69 Å². The maximum atomic E-state index is 12.4. The van der Waals surface area contributed by atoms with Gasteiger partial charge >= 0.3 is 0 Å². The number of nitrogens with one attached hydrogen (secondary N) is 1. The van der Waals surface area contributed by atoms with Crippen molar-refractivity contribution in [1.29, 1.82) is 0 Å². The van der Waals surface area contributed by atoms with Gasteiger partial charge in [-0.2, -0.15) is 0 Å². The van der Waals surface area contributed by atoms with Gasteiger partial charge < -0.3 is 14.8 Å². The Kier molecular flexibility index (Phi) is 4.53. The minimum Gasteiger partial charge on any atom is -0.383 e. The molecule has 21 heavy (non-hydrogen) atoms. The van der Waals surface area contributed by atoms with Crippen molar-refractivity contribution in [2.75, 3.05) is 38.7 Å². The lowest BCUT2D eigenvalue weighted by Crippen LogP contribution is -2.45. The number of hydrogen-bond acceptors (Lipinski definition) is 4. The predicted octanol–water partition coefficient (Wildman–Crippen LogP) is 1.36. The Morgan fingerprint density at radius 1 is 1.38 bits per heavy atom. The molecule has 2 aliphatic heterocycles. The van der Waals surface area contributed by atoms with Crippen LogP contribution in [0.5, 0.6) is 0 Å². The molecule has 0 aromatic heterocycles. The number of hydrogen-bond donors (Lipinski definition) is 1. The van der Waals surface area contributed by atoms with Gasteiger partial charge in [0.2, 0.25) is 5.91 Å². The number of para-hydroxylation sites is 1. The predicted molar refractivity (Wildman–Crippen MR) is 80.2 cm³/mol. The lowest BCUT2D eigenvalue weighted by molar-refractivity contribution is -0.123. The smallest absolute Gasteiger partial charge is 0.230 e. The summed E-state index contributed by atoms with van der Waals surface area (Å²) < 4.78 is 11.1. The third-order valence-corrected chi connectivity index (χ3v) is 4.22. The number of likely N-dealkylation sites (tertiary alicyclic amines) is 1. The highest BCUT2D eigenvalue weighted by Gasteiger charge is 2.44. The fourth-order valence-corrected chi connectivity index (χ4v) is 3.17. The van der Waals surface area contributed by atoms with Crippen LogP contribution in [0.25, 0.3) is 0 Å². The van der Waals surface area contributed by atoms with Crippen LogP contribution >= 0.6 is 0 Å². The number of rotatable bonds is 5. The summed E-state index contributed by atoms with van der Waals surface area (Å²) in [5.74, 6) is 0.0186. The molecule has 114 valence electrons. The van der Waals surface area contributed by atoms with E-state index in [1.807, 2.05) is 30.3 Å². The first-order chi connectivity index (χ1) is 10.3. The van der Waals surface area contributed by atoms with Crippen molar-refractivity contribution in [3.05, 3.63) is 30.3 Å². The molecular weight excluding hydrogens is 268 g/mol. The van der Waals surface area contributed by atoms with Gasteiger partial charge in [0.15, 0.2) is 0 Å². The molecule has 0 unspecified atom stereocenters. The van der Waals surface area contributed by atoms with Gasteiger partial charge in [0, 0.05) is 32.4 Å². The summed E-state index contributed by atoms with van der Waals surface area (Å²) in [6.45, 7) is 3.34. The van der Waals surface area contributed by atoms with Crippen LogP contribution in [-0.4, -0.2) is 56.4 Å². The molecule has 5 nitrogen and oxygen atoms in total. The molecule has 2 aliphatic rings. The number of ether oxygens (including phenoxy) is 2. The van der Waals surface area contributed by atoms with Crippen molar-refractivity contribution < 1.29 is 14.3 Å². The van der Waals surface area contributed by atoms with Crippen LogP contribution in [-0.2, 0) is 14.3 Å². The molecule has 2 bridgehead atoms. The monoisotopic (exact) mass is 290 g/mol. The van der Waals surface area contributed by atoms with Gasteiger partial charge in [-0.25, -0.2) is 0 Å². The second kappa shape index (κ2) is 6.56. The van der Waals surface area contributed by atoms with E-state index in [1.165, 1.54) is 0 Å². The average molecular weight is 290 g/mol. The number of anilines is 1. The van der Waals surface area contributed by atoms with Crippen molar-refractivity contribution >= 4 is 11.6 Å². The fourth-order valence-electron chi connectivity index (χ4n) is 3.17. The Morgan fingerprint density at radius 2 is 2.19 bits per heavy atom. The minimum absolute atomic E-state index is 0.00400. The van der Waals surface area contributed by atoms with Crippen molar-refractivity contribution in [3.8, 4) is 0 Å². The Morgan fingerprint density at radius 3 is 2.95 bits per heavy atom.